The number of aromatic nitrogens is 2. The highest BCUT2D eigenvalue weighted by molar-refractivity contribution is 6.17. The molecule has 0 saturated heterocycles. The molecular weight excluding hydrogens is 266 g/mol. The number of hydrogen-bond acceptors (Lipinski definition) is 3. The first-order valence-electron chi connectivity index (χ1n) is 6.57. The molecule has 1 amide bonds. The van der Waals surface area contributed by atoms with Crippen molar-refractivity contribution in [3.63, 3.8) is 0 Å². The summed E-state index contributed by atoms with van der Waals surface area (Å²) < 4.78 is 1.75. The number of aliphatic hydroxyl groups is 1. The molecule has 106 valence electrons. The van der Waals surface area contributed by atoms with Crippen LogP contribution < -0.4 is 5.32 Å². The van der Waals surface area contributed by atoms with Crippen molar-refractivity contribution in [2.45, 2.75) is 45.3 Å². The number of hydrogen-bond donors (Lipinski definition) is 2. The summed E-state index contributed by atoms with van der Waals surface area (Å²) in [4.78, 5) is 12.2. The van der Waals surface area contributed by atoms with Gasteiger partial charge in [-0.3, -0.25) is 9.48 Å². The number of aryl methyl sites for hydroxylation is 2. The third-order valence-electron chi connectivity index (χ3n) is 3.77. The van der Waals surface area contributed by atoms with Crippen LogP contribution in [0.3, 0.4) is 0 Å². The van der Waals surface area contributed by atoms with Gasteiger partial charge in [-0.1, -0.05) is 0 Å². The van der Waals surface area contributed by atoms with E-state index in [9.17, 15) is 9.90 Å². The van der Waals surface area contributed by atoms with Gasteiger partial charge < -0.3 is 10.4 Å². The molecule has 1 heterocycles. The number of carbonyl (C=O) groups is 1. The molecule has 1 fully saturated rings. The molecule has 0 radical (unpaired) electrons. The number of rotatable bonds is 5. The van der Waals surface area contributed by atoms with Crippen LogP contribution in [-0.2, 0) is 6.54 Å². The first kappa shape index (κ1) is 14.3. The fourth-order valence-electron chi connectivity index (χ4n) is 2.42. The van der Waals surface area contributed by atoms with Crippen molar-refractivity contribution in [2.24, 2.45) is 0 Å². The molecule has 5 nitrogen and oxygen atoms in total. The zero-order valence-corrected chi connectivity index (χ0v) is 12.1. The summed E-state index contributed by atoms with van der Waals surface area (Å²) in [7, 11) is 0. The molecule has 1 aromatic rings. The van der Waals surface area contributed by atoms with Crippen molar-refractivity contribution in [3.8, 4) is 0 Å². The van der Waals surface area contributed by atoms with Crippen LogP contribution in [0.15, 0.2) is 0 Å². The number of nitrogens with zero attached hydrogens (tertiary/aromatic N) is 2. The maximum atomic E-state index is 12.2. The average Bonchev–Trinajstić information content (AvgIpc) is 2.60. The zero-order valence-electron chi connectivity index (χ0n) is 11.4. The third kappa shape index (κ3) is 2.92. The maximum Gasteiger partial charge on any atom is 0.255 e. The number of carbonyl (C=O) groups excluding carboxylic acids is 1. The lowest BCUT2D eigenvalue weighted by Crippen LogP contribution is -2.47. The second-order valence-corrected chi connectivity index (χ2v) is 5.60. The van der Waals surface area contributed by atoms with Crippen LogP contribution in [0.25, 0.3) is 0 Å². The minimum atomic E-state index is -0.705. The van der Waals surface area contributed by atoms with Crippen LogP contribution in [0.2, 0.25) is 0 Å². The van der Waals surface area contributed by atoms with E-state index in [-0.39, 0.29) is 5.91 Å². The summed E-state index contributed by atoms with van der Waals surface area (Å²) in [5.41, 5.74) is 1.40. The molecule has 0 atom stereocenters. The van der Waals surface area contributed by atoms with E-state index in [4.69, 9.17) is 11.6 Å². The van der Waals surface area contributed by atoms with Gasteiger partial charge in [0.25, 0.3) is 5.91 Å². The molecule has 2 N–H and O–H groups in total. The smallest absolute Gasteiger partial charge is 0.255 e. The SMILES string of the molecule is Cc1nn(CCCl)c(C)c1C(=O)NCC1(O)CCC1. The summed E-state index contributed by atoms with van der Waals surface area (Å²) in [6.07, 6.45) is 2.55. The second-order valence-electron chi connectivity index (χ2n) is 5.22. The van der Waals surface area contributed by atoms with Crippen LogP contribution in [-0.4, -0.2) is 38.8 Å². The highest BCUT2D eigenvalue weighted by Gasteiger charge is 2.35. The van der Waals surface area contributed by atoms with E-state index >= 15 is 0 Å². The summed E-state index contributed by atoms with van der Waals surface area (Å²) in [5.74, 6) is 0.291. The molecule has 0 spiro atoms. The summed E-state index contributed by atoms with van der Waals surface area (Å²) >= 11 is 5.70. The van der Waals surface area contributed by atoms with E-state index in [2.05, 4.69) is 10.4 Å². The van der Waals surface area contributed by atoms with Crippen LogP contribution in [0, 0.1) is 13.8 Å². The largest absolute Gasteiger partial charge is 0.388 e. The minimum Gasteiger partial charge on any atom is -0.388 e. The lowest BCUT2D eigenvalue weighted by molar-refractivity contribution is -0.0300. The highest BCUT2D eigenvalue weighted by Crippen LogP contribution is 2.30. The Bertz CT molecular complexity index is 480. The zero-order chi connectivity index (χ0) is 14.0. The van der Waals surface area contributed by atoms with Gasteiger partial charge in [0.1, 0.15) is 0 Å². The monoisotopic (exact) mass is 285 g/mol. The Kier molecular flexibility index (Phi) is 4.16. The van der Waals surface area contributed by atoms with Crippen molar-refractivity contribution < 1.29 is 9.90 Å². The molecule has 1 aliphatic rings. The Hall–Kier alpha value is -1.07. The lowest BCUT2D eigenvalue weighted by Gasteiger charge is -2.36. The average molecular weight is 286 g/mol. The van der Waals surface area contributed by atoms with E-state index in [1.165, 1.54) is 0 Å². The molecule has 1 saturated carbocycles. The lowest BCUT2D eigenvalue weighted by atomic mass is 9.80. The standard InChI is InChI=1S/C13H20ClN3O2/c1-9-11(10(2)17(16-9)7-6-14)12(18)15-8-13(19)4-3-5-13/h19H,3-8H2,1-2H3,(H,15,18). The Labute approximate surface area is 117 Å². The molecule has 0 unspecified atom stereocenters. The number of amides is 1. The van der Waals surface area contributed by atoms with Gasteiger partial charge in [-0.15, -0.1) is 11.6 Å². The predicted molar refractivity (Wildman–Crippen MR) is 73.6 cm³/mol. The maximum absolute atomic E-state index is 12.2. The van der Waals surface area contributed by atoms with Gasteiger partial charge in [-0.2, -0.15) is 5.10 Å². The van der Waals surface area contributed by atoms with E-state index in [0.29, 0.717) is 30.2 Å². The topological polar surface area (TPSA) is 67.2 Å². The summed E-state index contributed by atoms with van der Waals surface area (Å²) in [5, 5.41) is 17.1. The molecule has 2 rings (SSSR count). The van der Waals surface area contributed by atoms with E-state index < -0.39 is 5.60 Å². The molecule has 1 aromatic heterocycles. The number of alkyl halides is 1. The van der Waals surface area contributed by atoms with Gasteiger partial charge in [-0.25, -0.2) is 0 Å². The van der Waals surface area contributed by atoms with Crippen LogP contribution >= 0.6 is 11.6 Å². The molecule has 6 heteroatoms. The normalized spacial score (nSPS) is 17.1. The first-order valence-corrected chi connectivity index (χ1v) is 7.11. The van der Waals surface area contributed by atoms with Gasteiger partial charge in [0, 0.05) is 18.1 Å². The van der Waals surface area contributed by atoms with Crippen LogP contribution in [0.1, 0.15) is 41.0 Å². The van der Waals surface area contributed by atoms with Crippen LogP contribution in [0.4, 0.5) is 0 Å². The van der Waals surface area contributed by atoms with Crippen molar-refractivity contribution in [1.82, 2.24) is 15.1 Å². The third-order valence-corrected chi connectivity index (χ3v) is 3.94. The Morgan fingerprint density at radius 3 is 2.74 bits per heavy atom. The molecule has 0 bridgehead atoms. The number of halogens is 1. The van der Waals surface area contributed by atoms with Gasteiger partial charge >= 0.3 is 0 Å². The Balaban J connectivity index is 2.06. The van der Waals surface area contributed by atoms with Crippen LogP contribution in [0.5, 0.6) is 0 Å². The first-order chi connectivity index (χ1) is 8.97. The highest BCUT2D eigenvalue weighted by atomic mass is 35.5. The van der Waals surface area contributed by atoms with Gasteiger partial charge in [0.05, 0.1) is 23.4 Å². The van der Waals surface area contributed by atoms with E-state index in [1.54, 1.807) is 4.68 Å². The second kappa shape index (κ2) is 5.51. The predicted octanol–water partition coefficient (Wildman–Crippen LogP) is 1.38. The van der Waals surface area contributed by atoms with Crippen molar-refractivity contribution in [1.29, 1.82) is 0 Å². The van der Waals surface area contributed by atoms with Gasteiger partial charge in [0.15, 0.2) is 0 Å². The molecule has 0 aliphatic heterocycles. The fourth-order valence-corrected chi connectivity index (χ4v) is 2.58. The minimum absolute atomic E-state index is 0.170. The van der Waals surface area contributed by atoms with Gasteiger partial charge in [0.2, 0.25) is 0 Å². The Morgan fingerprint density at radius 1 is 1.53 bits per heavy atom. The number of nitrogens with one attached hydrogen (secondary N) is 1. The molecular formula is C13H20ClN3O2. The fraction of sp³-hybridized carbons (Fsp3) is 0.692. The van der Waals surface area contributed by atoms with E-state index in [1.807, 2.05) is 13.8 Å². The molecule has 19 heavy (non-hydrogen) atoms. The van der Waals surface area contributed by atoms with Gasteiger partial charge in [-0.05, 0) is 33.1 Å². The van der Waals surface area contributed by atoms with Crippen molar-refractivity contribution >= 4 is 17.5 Å². The van der Waals surface area contributed by atoms with E-state index in [0.717, 1.165) is 25.0 Å². The Morgan fingerprint density at radius 2 is 2.21 bits per heavy atom. The van der Waals surface area contributed by atoms with Crippen molar-refractivity contribution in [3.05, 3.63) is 17.0 Å². The molecule has 0 aromatic carbocycles. The molecule has 1 aliphatic carbocycles. The quantitative estimate of drug-likeness (QED) is 0.803. The van der Waals surface area contributed by atoms with Crippen molar-refractivity contribution in [2.75, 3.05) is 12.4 Å². The summed E-state index contributed by atoms with van der Waals surface area (Å²) in [6.45, 7) is 4.57. The summed E-state index contributed by atoms with van der Waals surface area (Å²) in [6, 6.07) is 0.